The summed E-state index contributed by atoms with van der Waals surface area (Å²) < 4.78 is 7.80. The number of carbonyl (C=O) groups is 1. The predicted octanol–water partition coefficient (Wildman–Crippen LogP) is 0.922. The van der Waals surface area contributed by atoms with Gasteiger partial charge in [-0.1, -0.05) is 6.92 Å². The van der Waals surface area contributed by atoms with Crippen molar-refractivity contribution in [3.63, 3.8) is 0 Å². The maximum absolute atomic E-state index is 12.7. The molecule has 2 aliphatic heterocycles. The molecule has 0 aliphatic carbocycles. The molecule has 6 heteroatoms. The van der Waals surface area contributed by atoms with E-state index in [-0.39, 0.29) is 12.0 Å². The first-order valence-electron chi connectivity index (χ1n) is 8.76. The number of morpholine rings is 1. The van der Waals surface area contributed by atoms with Crippen LogP contribution in [-0.4, -0.2) is 70.7 Å². The van der Waals surface area contributed by atoms with E-state index in [0.29, 0.717) is 12.5 Å². The Bertz CT molecular complexity index is 522. The van der Waals surface area contributed by atoms with E-state index >= 15 is 0 Å². The van der Waals surface area contributed by atoms with Gasteiger partial charge in [0, 0.05) is 52.0 Å². The molecule has 0 radical (unpaired) electrons. The lowest BCUT2D eigenvalue weighted by Crippen LogP contribution is -2.52. The van der Waals surface area contributed by atoms with Crippen LogP contribution in [-0.2, 0) is 23.0 Å². The van der Waals surface area contributed by atoms with Gasteiger partial charge in [0.15, 0.2) is 0 Å². The van der Waals surface area contributed by atoms with Gasteiger partial charge in [0.1, 0.15) is 11.9 Å². The topological polar surface area (TPSA) is 50.6 Å². The molecule has 0 aromatic carbocycles. The number of imidazole rings is 1. The van der Waals surface area contributed by atoms with Crippen LogP contribution in [0.5, 0.6) is 0 Å². The quantitative estimate of drug-likeness (QED) is 0.828. The number of likely N-dealkylation sites (N-methyl/N-ethyl adjacent to an activating group) is 1. The molecule has 2 aliphatic rings. The molecule has 0 N–H and O–H groups in total. The number of ether oxygens (including phenoxy) is 1. The third-order valence-electron chi connectivity index (χ3n) is 5.19. The van der Waals surface area contributed by atoms with Crippen molar-refractivity contribution in [3.05, 3.63) is 18.2 Å². The molecule has 128 valence electrons. The lowest BCUT2D eigenvalue weighted by molar-refractivity contribution is -0.150. The Morgan fingerprint density at radius 2 is 2.13 bits per heavy atom. The Morgan fingerprint density at radius 3 is 2.78 bits per heavy atom. The van der Waals surface area contributed by atoms with Crippen LogP contribution in [0.4, 0.5) is 0 Å². The average Bonchev–Trinajstić information content (AvgIpc) is 3.00. The molecule has 1 unspecified atom stereocenters. The Morgan fingerprint density at radius 1 is 1.35 bits per heavy atom. The van der Waals surface area contributed by atoms with Crippen LogP contribution in [0.3, 0.4) is 0 Å². The van der Waals surface area contributed by atoms with E-state index in [0.717, 1.165) is 57.8 Å². The lowest BCUT2D eigenvalue weighted by Gasteiger charge is -2.37. The zero-order valence-corrected chi connectivity index (χ0v) is 14.3. The number of hydrogen-bond acceptors (Lipinski definition) is 4. The first kappa shape index (κ1) is 16.5. The summed E-state index contributed by atoms with van der Waals surface area (Å²) in [6.07, 6.45) is 6.71. The smallest absolute Gasteiger partial charge is 0.253 e. The highest BCUT2D eigenvalue weighted by Crippen LogP contribution is 2.22. The summed E-state index contributed by atoms with van der Waals surface area (Å²) in [6, 6.07) is 0. The Labute approximate surface area is 138 Å². The van der Waals surface area contributed by atoms with Crippen LogP contribution in [0.2, 0.25) is 0 Å². The molecular weight excluding hydrogens is 292 g/mol. The standard InChI is InChI=1S/C17H28N4O2/c1-3-20-10-11-23-15(13-20)17(22)21-7-4-14(5-8-21)12-16-18-6-9-19(16)2/h6,9,14-15H,3-5,7-8,10-13H2,1-2H3. The van der Waals surface area contributed by atoms with E-state index < -0.39 is 0 Å². The summed E-state index contributed by atoms with van der Waals surface area (Å²) in [5.41, 5.74) is 0. The van der Waals surface area contributed by atoms with Gasteiger partial charge in [0.25, 0.3) is 5.91 Å². The van der Waals surface area contributed by atoms with Crippen LogP contribution >= 0.6 is 0 Å². The maximum Gasteiger partial charge on any atom is 0.253 e. The largest absolute Gasteiger partial charge is 0.366 e. The van der Waals surface area contributed by atoms with Gasteiger partial charge >= 0.3 is 0 Å². The molecule has 0 bridgehead atoms. The van der Waals surface area contributed by atoms with E-state index in [1.807, 2.05) is 24.3 Å². The van der Waals surface area contributed by atoms with Gasteiger partial charge in [-0.2, -0.15) is 0 Å². The molecule has 3 rings (SSSR count). The van der Waals surface area contributed by atoms with Gasteiger partial charge in [-0.25, -0.2) is 4.98 Å². The zero-order valence-electron chi connectivity index (χ0n) is 14.3. The predicted molar refractivity (Wildman–Crippen MR) is 88.1 cm³/mol. The summed E-state index contributed by atoms with van der Waals surface area (Å²) in [5, 5.41) is 0. The van der Waals surface area contributed by atoms with Crippen molar-refractivity contribution >= 4 is 5.91 Å². The Balaban J connectivity index is 1.48. The fourth-order valence-corrected chi connectivity index (χ4v) is 3.55. The minimum Gasteiger partial charge on any atom is -0.366 e. The first-order valence-corrected chi connectivity index (χ1v) is 8.76. The number of amides is 1. The molecule has 23 heavy (non-hydrogen) atoms. The lowest BCUT2D eigenvalue weighted by atomic mass is 9.93. The molecule has 6 nitrogen and oxygen atoms in total. The second kappa shape index (κ2) is 7.45. The van der Waals surface area contributed by atoms with E-state index in [2.05, 4.69) is 21.4 Å². The van der Waals surface area contributed by atoms with Crippen molar-refractivity contribution in [1.82, 2.24) is 19.4 Å². The number of piperidine rings is 1. The average molecular weight is 320 g/mol. The highest BCUT2D eigenvalue weighted by molar-refractivity contribution is 5.81. The highest BCUT2D eigenvalue weighted by Gasteiger charge is 2.32. The molecule has 1 aromatic heterocycles. The molecule has 3 heterocycles. The van der Waals surface area contributed by atoms with Crippen molar-refractivity contribution < 1.29 is 9.53 Å². The highest BCUT2D eigenvalue weighted by atomic mass is 16.5. The SMILES string of the molecule is CCN1CCOC(C(=O)N2CCC(Cc3nccn3C)CC2)C1. The van der Waals surface area contributed by atoms with Crippen molar-refractivity contribution in [2.24, 2.45) is 13.0 Å². The van der Waals surface area contributed by atoms with Crippen molar-refractivity contribution in [2.75, 3.05) is 39.3 Å². The first-order chi connectivity index (χ1) is 11.2. The van der Waals surface area contributed by atoms with Crippen molar-refractivity contribution in [1.29, 1.82) is 0 Å². The van der Waals surface area contributed by atoms with Crippen molar-refractivity contribution in [2.45, 2.75) is 32.3 Å². The number of likely N-dealkylation sites (tertiary alicyclic amines) is 1. The minimum absolute atomic E-state index is 0.179. The summed E-state index contributed by atoms with van der Waals surface area (Å²) in [6.45, 7) is 7.16. The van der Waals surface area contributed by atoms with E-state index in [9.17, 15) is 4.79 Å². The molecule has 0 saturated carbocycles. The van der Waals surface area contributed by atoms with Crippen LogP contribution in [0.1, 0.15) is 25.6 Å². The molecule has 2 fully saturated rings. The molecule has 0 spiro atoms. The molecule has 2 saturated heterocycles. The minimum atomic E-state index is -0.269. The van der Waals surface area contributed by atoms with Crippen LogP contribution in [0.25, 0.3) is 0 Å². The molecule has 1 atom stereocenters. The van der Waals surface area contributed by atoms with Gasteiger partial charge in [0.05, 0.1) is 6.61 Å². The molecular formula is C17H28N4O2. The summed E-state index contributed by atoms with van der Waals surface area (Å²) in [5.74, 6) is 1.95. The fraction of sp³-hybridized carbons (Fsp3) is 0.765. The van der Waals surface area contributed by atoms with Gasteiger partial charge in [-0.05, 0) is 25.3 Å². The Kier molecular flexibility index (Phi) is 5.33. The zero-order chi connectivity index (χ0) is 16.2. The van der Waals surface area contributed by atoms with Gasteiger partial charge in [0.2, 0.25) is 0 Å². The van der Waals surface area contributed by atoms with Crippen LogP contribution in [0.15, 0.2) is 12.4 Å². The van der Waals surface area contributed by atoms with E-state index in [1.54, 1.807) is 0 Å². The number of rotatable bonds is 4. The number of aryl methyl sites for hydroxylation is 1. The second-order valence-corrected chi connectivity index (χ2v) is 6.68. The Hall–Kier alpha value is -1.40. The number of hydrogen-bond donors (Lipinski definition) is 0. The van der Waals surface area contributed by atoms with E-state index in [1.165, 1.54) is 0 Å². The summed E-state index contributed by atoms with van der Waals surface area (Å²) in [7, 11) is 2.04. The number of aromatic nitrogens is 2. The summed E-state index contributed by atoms with van der Waals surface area (Å²) >= 11 is 0. The molecule has 1 amide bonds. The van der Waals surface area contributed by atoms with Gasteiger partial charge < -0.3 is 14.2 Å². The second-order valence-electron chi connectivity index (χ2n) is 6.68. The van der Waals surface area contributed by atoms with Gasteiger partial charge in [-0.3, -0.25) is 9.69 Å². The van der Waals surface area contributed by atoms with Crippen LogP contribution < -0.4 is 0 Å². The third kappa shape index (κ3) is 3.93. The van der Waals surface area contributed by atoms with Crippen LogP contribution in [0, 0.1) is 5.92 Å². The van der Waals surface area contributed by atoms with Crippen molar-refractivity contribution in [3.8, 4) is 0 Å². The van der Waals surface area contributed by atoms with Gasteiger partial charge in [-0.15, -0.1) is 0 Å². The third-order valence-corrected chi connectivity index (χ3v) is 5.19. The number of nitrogens with zero attached hydrogens (tertiary/aromatic N) is 4. The normalized spacial score (nSPS) is 24.1. The monoisotopic (exact) mass is 320 g/mol. The summed E-state index contributed by atoms with van der Waals surface area (Å²) in [4.78, 5) is 21.4. The number of carbonyl (C=O) groups excluding carboxylic acids is 1. The maximum atomic E-state index is 12.7. The molecule has 1 aromatic rings. The van der Waals surface area contributed by atoms with E-state index in [4.69, 9.17) is 4.74 Å². The fourth-order valence-electron chi connectivity index (χ4n) is 3.55.